The first-order chi connectivity index (χ1) is 16.3. The number of rotatable bonds is 7. The molecule has 0 amide bonds. The molecule has 0 aliphatic rings. The van der Waals surface area contributed by atoms with Gasteiger partial charge in [0.2, 0.25) is 0 Å². The fraction of sp³-hybridized carbons (Fsp3) is 0.217. The number of hydrogen-bond acceptors (Lipinski definition) is 6. The number of nitrogens with one attached hydrogen (secondary N) is 2. The van der Waals surface area contributed by atoms with E-state index >= 15 is 0 Å². The molecule has 11 heteroatoms. The monoisotopic (exact) mass is 515 g/mol. The van der Waals surface area contributed by atoms with Gasteiger partial charge in [-0.2, -0.15) is 4.72 Å². The molecule has 176 valence electrons. The van der Waals surface area contributed by atoms with Crippen molar-refractivity contribution in [2.24, 2.45) is 0 Å². The van der Waals surface area contributed by atoms with Gasteiger partial charge in [0.1, 0.15) is 9.96 Å². The van der Waals surface area contributed by atoms with Crippen LogP contribution in [0.5, 0.6) is 11.8 Å². The SMILES string of the molecule is CCn1c(Oc2ccc3cc[nH]c3c2)nnc1[C@@H](C)NS(=O)(=O)c1sc2ccc(Cl)cc2c1C. The Morgan fingerprint density at radius 1 is 1.21 bits per heavy atom. The summed E-state index contributed by atoms with van der Waals surface area (Å²) in [6.07, 6.45) is 1.86. The Morgan fingerprint density at radius 3 is 2.82 bits per heavy atom. The molecule has 2 aromatic carbocycles. The number of aromatic amines is 1. The van der Waals surface area contributed by atoms with E-state index in [9.17, 15) is 8.42 Å². The lowest BCUT2D eigenvalue weighted by molar-refractivity contribution is 0.408. The molecule has 0 aliphatic carbocycles. The number of benzene rings is 2. The number of ether oxygens (including phenoxy) is 1. The lowest BCUT2D eigenvalue weighted by Crippen LogP contribution is -2.28. The molecule has 1 atom stereocenters. The Bertz CT molecular complexity index is 1620. The Kier molecular flexibility index (Phi) is 5.85. The lowest BCUT2D eigenvalue weighted by atomic mass is 10.2. The molecule has 0 aliphatic heterocycles. The van der Waals surface area contributed by atoms with Crippen LogP contribution in [-0.2, 0) is 16.6 Å². The zero-order chi connectivity index (χ0) is 24.0. The van der Waals surface area contributed by atoms with Crippen molar-refractivity contribution >= 4 is 54.0 Å². The number of halogens is 1. The van der Waals surface area contributed by atoms with Gasteiger partial charge in [-0.3, -0.25) is 4.57 Å². The average Bonchev–Trinajstić information content (AvgIpc) is 3.51. The van der Waals surface area contributed by atoms with Crippen LogP contribution in [0.25, 0.3) is 21.0 Å². The van der Waals surface area contributed by atoms with Crippen LogP contribution in [0.2, 0.25) is 5.02 Å². The molecular formula is C23H22ClN5O3S2. The summed E-state index contributed by atoms with van der Waals surface area (Å²) in [5, 5.41) is 10.9. The summed E-state index contributed by atoms with van der Waals surface area (Å²) in [6, 6.07) is 12.7. The van der Waals surface area contributed by atoms with Crippen molar-refractivity contribution in [1.29, 1.82) is 0 Å². The molecule has 8 nitrogen and oxygen atoms in total. The molecule has 0 spiro atoms. The number of thiophene rings is 1. The van der Waals surface area contributed by atoms with E-state index in [0.717, 1.165) is 21.0 Å². The van der Waals surface area contributed by atoms with Crippen LogP contribution in [0.3, 0.4) is 0 Å². The largest absolute Gasteiger partial charge is 0.424 e. The highest BCUT2D eigenvalue weighted by molar-refractivity contribution is 7.91. The van der Waals surface area contributed by atoms with Crippen molar-refractivity contribution in [3.05, 3.63) is 65.1 Å². The fourth-order valence-electron chi connectivity index (χ4n) is 3.95. The van der Waals surface area contributed by atoms with Crippen molar-refractivity contribution in [2.45, 2.75) is 37.6 Å². The molecule has 5 rings (SSSR count). The normalized spacial score (nSPS) is 13.1. The van der Waals surface area contributed by atoms with Gasteiger partial charge in [0.05, 0.1) is 6.04 Å². The summed E-state index contributed by atoms with van der Waals surface area (Å²) in [7, 11) is -3.81. The van der Waals surface area contributed by atoms with E-state index in [2.05, 4.69) is 19.9 Å². The molecule has 3 aromatic heterocycles. The molecule has 3 heterocycles. The van der Waals surface area contributed by atoms with Crippen LogP contribution in [0, 0.1) is 6.92 Å². The second-order valence-electron chi connectivity index (χ2n) is 7.91. The third-order valence-corrected chi connectivity index (χ3v) is 9.28. The smallest absolute Gasteiger partial charge is 0.322 e. The van der Waals surface area contributed by atoms with Crippen LogP contribution in [0.1, 0.15) is 31.3 Å². The molecule has 2 N–H and O–H groups in total. The second-order valence-corrected chi connectivity index (χ2v) is 11.3. The zero-order valence-electron chi connectivity index (χ0n) is 18.7. The maximum absolute atomic E-state index is 13.3. The van der Waals surface area contributed by atoms with Gasteiger partial charge in [-0.15, -0.1) is 16.4 Å². The van der Waals surface area contributed by atoms with Crippen LogP contribution in [0.4, 0.5) is 0 Å². The fourth-order valence-corrected chi connectivity index (χ4v) is 7.09. The standard InChI is InChI=1S/C23H22ClN5O3S2/c1-4-29-21(26-27-23(29)32-17-7-5-15-9-10-25-19(15)12-17)14(3)28-34(30,31)22-13(2)18-11-16(24)6-8-20(18)33-22/h5-12,14,25,28H,4H2,1-3H3/t14-/m1/s1. The highest BCUT2D eigenvalue weighted by Gasteiger charge is 2.27. The minimum absolute atomic E-state index is 0.259. The lowest BCUT2D eigenvalue weighted by Gasteiger charge is -2.15. The Labute approximate surface area is 205 Å². The van der Waals surface area contributed by atoms with Gasteiger partial charge in [-0.05, 0) is 73.5 Å². The number of H-pyrrole nitrogens is 1. The number of fused-ring (bicyclic) bond motifs is 2. The quantitative estimate of drug-likeness (QED) is 0.286. The predicted molar refractivity (Wildman–Crippen MR) is 134 cm³/mol. The molecule has 0 saturated heterocycles. The van der Waals surface area contributed by atoms with Crippen molar-refractivity contribution in [2.75, 3.05) is 0 Å². The maximum atomic E-state index is 13.3. The first-order valence-corrected chi connectivity index (χ1v) is 13.3. The van der Waals surface area contributed by atoms with Gasteiger partial charge in [-0.1, -0.05) is 16.7 Å². The number of nitrogens with zero attached hydrogens (tertiary/aromatic N) is 3. The van der Waals surface area contributed by atoms with E-state index in [0.29, 0.717) is 34.7 Å². The van der Waals surface area contributed by atoms with Crippen molar-refractivity contribution in [3.63, 3.8) is 0 Å². The van der Waals surface area contributed by atoms with E-state index in [1.54, 1.807) is 30.5 Å². The minimum atomic E-state index is -3.81. The molecule has 0 unspecified atom stereocenters. The van der Waals surface area contributed by atoms with Crippen LogP contribution in [0.15, 0.2) is 52.9 Å². The average molecular weight is 516 g/mol. The summed E-state index contributed by atoms with van der Waals surface area (Å²) >= 11 is 7.32. The molecule has 0 fully saturated rings. The number of aryl methyl sites for hydroxylation is 1. The first-order valence-electron chi connectivity index (χ1n) is 10.7. The molecule has 5 aromatic rings. The number of aromatic nitrogens is 4. The third-order valence-electron chi connectivity index (χ3n) is 5.62. The van der Waals surface area contributed by atoms with Crippen molar-refractivity contribution < 1.29 is 13.2 Å². The number of sulfonamides is 1. The molecule has 0 radical (unpaired) electrons. The van der Waals surface area contributed by atoms with Gasteiger partial charge in [0.25, 0.3) is 10.0 Å². The summed E-state index contributed by atoms with van der Waals surface area (Å²) in [5.41, 5.74) is 1.62. The van der Waals surface area contributed by atoms with E-state index in [1.165, 1.54) is 11.3 Å². The van der Waals surface area contributed by atoms with E-state index in [-0.39, 0.29) is 4.21 Å². The van der Waals surface area contributed by atoms with E-state index < -0.39 is 16.1 Å². The molecule has 34 heavy (non-hydrogen) atoms. The minimum Gasteiger partial charge on any atom is -0.424 e. The van der Waals surface area contributed by atoms with Crippen molar-refractivity contribution in [3.8, 4) is 11.8 Å². The highest BCUT2D eigenvalue weighted by atomic mass is 35.5. The summed E-state index contributed by atoms with van der Waals surface area (Å²) in [6.45, 7) is 5.96. The number of hydrogen-bond donors (Lipinski definition) is 2. The summed E-state index contributed by atoms with van der Waals surface area (Å²) in [5.74, 6) is 1.07. The Morgan fingerprint density at radius 2 is 2.03 bits per heavy atom. The zero-order valence-corrected chi connectivity index (χ0v) is 21.1. The van der Waals surface area contributed by atoms with Crippen LogP contribution >= 0.6 is 22.9 Å². The molecule has 0 saturated carbocycles. The highest BCUT2D eigenvalue weighted by Crippen LogP contribution is 2.36. The van der Waals surface area contributed by atoms with Crippen LogP contribution < -0.4 is 9.46 Å². The van der Waals surface area contributed by atoms with Crippen LogP contribution in [-0.4, -0.2) is 28.2 Å². The van der Waals surface area contributed by atoms with Crippen molar-refractivity contribution in [1.82, 2.24) is 24.5 Å². The Hall–Kier alpha value is -2.92. The second kappa shape index (κ2) is 8.70. The summed E-state index contributed by atoms with van der Waals surface area (Å²) in [4.78, 5) is 3.15. The molecule has 0 bridgehead atoms. The van der Waals surface area contributed by atoms with Gasteiger partial charge < -0.3 is 9.72 Å². The van der Waals surface area contributed by atoms with Gasteiger partial charge >= 0.3 is 6.01 Å². The summed E-state index contributed by atoms with van der Waals surface area (Å²) < 4.78 is 38.1. The topological polar surface area (TPSA) is 102 Å². The van der Waals surface area contributed by atoms with E-state index in [1.807, 2.05) is 43.5 Å². The third kappa shape index (κ3) is 4.07. The van der Waals surface area contributed by atoms with Gasteiger partial charge in [-0.25, -0.2) is 8.42 Å². The Balaban J connectivity index is 1.42. The van der Waals surface area contributed by atoms with Gasteiger partial charge in [0, 0.05) is 34.0 Å². The predicted octanol–water partition coefficient (Wildman–Crippen LogP) is 5.79. The maximum Gasteiger partial charge on any atom is 0.322 e. The molecular weight excluding hydrogens is 494 g/mol. The first kappa shape index (κ1) is 22.9. The van der Waals surface area contributed by atoms with E-state index in [4.69, 9.17) is 16.3 Å². The van der Waals surface area contributed by atoms with Gasteiger partial charge in [0.15, 0.2) is 5.82 Å².